The van der Waals surface area contributed by atoms with Crippen molar-refractivity contribution in [3.63, 3.8) is 0 Å². The Morgan fingerprint density at radius 3 is 2.57 bits per heavy atom. The molecule has 0 amide bonds. The summed E-state index contributed by atoms with van der Waals surface area (Å²) in [7, 11) is 3.89. The second-order valence-electron chi connectivity index (χ2n) is 7.42. The first-order chi connectivity index (χ1) is 14.2. The lowest BCUT2D eigenvalue weighted by Crippen LogP contribution is -2.42. The quantitative estimate of drug-likeness (QED) is 0.197. The lowest BCUT2D eigenvalue weighted by Gasteiger charge is -2.21. The van der Waals surface area contributed by atoms with Gasteiger partial charge in [-0.3, -0.25) is 0 Å². The van der Waals surface area contributed by atoms with Crippen molar-refractivity contribution in [1.29, 1.82) is 0 Å². The minimum Gasteiger partial charge on any atom is -0.497 e. The summed E-state index contributed by atoms with van der Waals surface area (Å²) in [5.74, 6) is 1.73. The topological polar surface area (TPSA) is 61.4 Å². The van der Waals surface area contributed by atoms with Crippen molar-refractivity contribution in [3.05, 3.63) is 29.8 Å². The number of nitrogens with one attached hydrogen (secondary N) is 2. The molecule has 1 heterocycles. The third-order valence-corrected chi connectivity index (χ3v) is 5.07. The summed E-state index contributed by atoms with van der Waals surface area (Å²) in [5, 5.41) is 6.94. The number of rotatable bonds is 11. The van der Waals surface area contributed by atoms with Crippen LogP contribution >= 0.6 is 24.0 Å². The minimum absolute atomic E-state index is 0. The zero-order chi connectivity index (χ0) is 20.7. The van der Waals surface area contributed by atoms with Crippen LogP contribution in [0, 0.1) is 0 Å². The molecule has 0 saturated carbocycles. The summed E-state index contributed by atoms with van der Waals surface area (Å²) in [4.78, 5) is 9.71. The number of guanidine groups is 1. The first kappa shape index (κ1) is 26.9. The molecule has 8 heteroatoms. The van der Waals surface area contributed by atoms with Crippen molar-refractivity contribution in [2.24, 2.45) is 4.99 Å². The van der Waals surface area contributed by atoms with E-state index in [2.05, 4.69) is 39.6 Å². The third-order valence-electron chi connectivity index (χ3n) is 5.07. The number of nitrogens with zero attached hydrogens (tertiary/aromatic N) is 3. The number of methoxy groups -OCH3 is 1. The van der Waals surface area contributed by atoms with E-state index < -0.39 is 0 Å². The van der Waals surface area contributed by atoms with E-state index in [0.29, 0.717) is 6.54 Å². The normalized spacial score (nSPS) is 15.9. The molecule has 0 radical (unpaired) electrons. The number of halogens is 1. The highest BCUT2D eigenvalue weighted by Gasteiger charge is 2.11. The van der Waals surface area contributed by atoms with E-state index >= 15 is 0 Å². The van der Waals surface area contributed by atoms with Gasteiger partial charge in [0, 0.05) is 45.9 Å². The Labute approximate surface area is 199 Å². The molecule has 1 saturated heterocycles. The maximum atomic E-state index is 5.42. The maximum absolute atomic E-state index is 5.42. The fourth-order valence-corrected chi connectivity index (χ4v) is 3.26. The Bertz CT molecular complexity index is 585. The van der Waals surface area contributed by atoms with Crippen molar-refractivity contribution in [2.45, 2.75) is 26.3 Å². The molecular weight excluding hydrogens is 493 g/mol. The van der Waals surface area contributed by atoms with Crippen LogP contribution in [0.1, 0.15) is 25.3 Å². The Balaban J connectivity index is 0.00000450. The van der Waals surface area contributed by atoms with Gasteiger partial charge in [-0.2, -0.15) is 0 Å². The van der Waals surface area contributed by atoms with Crippen LogP contribution in [0.3, 0.4) is 0 Å². The number of benzene rings is 1. The van der Waals surface area contributed by atoms with Crippen LogP contribution in [0.5, 0.6) is 5.75 Å². The van der Waals surface area contributed by atoms with E-state index in [1.807, 2.05) is 19.1 Å². The number of ether oxygens (including phenoxy) is 2. The monoisotopic (exact) mass is 533 g/mol. The number of hydrogen-bond acceptors (Lipinski definition) is 5. The van der Waals surface area contributed by atoms with Gasteiger partial charge in [-0.25, -0.2) is 4.99 Å². The van der Waals surface area contributed by atoms with Gasteiger partial charge in [0.1, 0.15) is 5.75 Å². The van der Waals surface area contributed by atoms with Crippen LogP contribution in [0.4, 0.5) is 0 Å². The van der Waals surface area contributed by atoms with Crippen molar-refractivity contribution >= 4 is 29.9 Å². The van der Waals surface area contributed by atoms with Gasteiger partial charge in [-0.05, 0) is 57.6 Å². The van der Waals surface area contributed by atoms with Crippen molar-refractivity contribution in [2.75, 3.05) is 73.2 Å². The fourth-order valence-electron chi connectivity index (χ4n) is 3.26. The molecule has 2 N–H and O–H groups in total. The minimum atomic E-state index is 0. The average Bonchev–Trinajstić information content (AvgIpc) is 2.95. The van der Waals surface area contributed by atoms with Crippen LogP contribution in [0.15, 0.2) is 29.3 Å². The molecule has 172 valence electrons. The van der Waals surface area contributed by atoms with Crippen molar-refractivity contribution < 1.29 is 9.47 Å². The maximum Gasteiger partial charge on any atom is 0.191 e. The summed E-state index contributed by atoms with van der Waals surface area (Å²) in [6, 6.07) is 8.07. The Morgan fingerprint density at radius 2 is 1.83 bits per heavy atom. The summed E-state index contributed by atoms with van der Waals surface area (Å²) in [5.41, 5.74) is 1.16. The Kier molecular flexibility index (Phi) is 14.9. The number of likely N-dealkylation sites (N-methyl/N-ethyl adjacent to an activating group) is 1. The summed E-state index contributed by atoms with van der Waals surface area (Å²) in [6.45, 7) is 11.6. The predicted octanol–water partition coefficient (Wildman–Crippen LogP) is 2.41. The largest absolute Gasteiger partial charge is 0.497 e. The average molecular weight is 533 g/mol. The molecule has 0 aromatic heterocycles. The lowest BCUT2D eigenvalue weighted by molar-refractivity contribution is 0.145. The first-order valence-corrected chi connectivity index (χ1v) is 10.8. The van der Waals surface area contributed by atoms with Crippen LogP contribution in [0.2, 0.25) is 0 Å². The molecular formula is C22H40IN5O2. The molecule has 30 heavy (non-hydrogen) atoms. The molecule has 0 spiro atoms. The zero-order valence-electron chi connectivity index (χ0n) is 18.9. The smallest absolute Gasteiger partial charge is 0.191 e. The highest BCUT2D eigenvalue weighted by atomic mass is 127. The molecule has 1 aliphatic rings. The van der Waals surface area contributed by atoms with Gasteiger partial charge in [0.15, 0.2) is 5.96 Å². The standard InChI is InChI=1S/C22H39N5O2.HI/c1-4-29-18-5-11-23-22(25-19-20-7-9-21(28-3)10-8-20)24-12-15-27-14-6-13-26(2)16-17-27;/h7-10H,4-6,11-19H2,1-3H3,(H2,23,24,25);1H. The SMILES string of the molecule is CCOCCCNC(=NCc1ccc(OC)cc1)NCCN1CCCN(C)CC1.I. The molecule has 1 aliphatic heterocycles. The van der Waals surface area contributed by atoms with Gasteiger partial charge < -0.3 is 29.9 Å². The van der Waals surface area contributed by atoms with Gasteiger partial charge in [0.25, 0.3) is 0 Å². The van der Waals surface area contributed by atoms with Gasteiger partial charge in [-0.1, -0.05) is 12.1 Å². The molecule has 0 bridgehead atoms. The van der Waals surface area contributed by atoms with Crippen LogP contribution in [-0.4, -0.2) is 88.9 Å². The van der Waals surface area contributed by atoms with Crippen molar-refractivity contribution in [3.8, 4) is 5.75 Å². The molecule has 1 fully saturated rings. The molecule has 7 nitrogen and oxygen atoms in total. The van der Waals surface area contributed by atoms with Gasteiger partial charge in [0.2, 0.25) is 0 Å². The van der Waals surface area contributed by atoms with Crippen LogP contribution < -0.4 is 15.4 Å². The third kappa shape index (κ3) is 11.3. The first-order valence-electron chi connectivity index (χ1n) is 10.8. The van der Waals surface area contributed by atoms with Crippen LogP contribution in [-0.2, 0) is 11.3 Å². The molecule has 0 atom stereocenters. The summed E-state index contributed by atoms with van der Waals surface area (Å²) in [6.07, 6.45) is 2.21. The predicted molar refractivity (Wildman–Crippen MR) is 135 cm³/mol. The van der Waals surface area contributed by atoms with E-state index in [4.69, 9.17) is 14.5 Å². The second kappa shape index (κ2) is 16.6. The fraction of sp³-hybridized carbons (Fsp3) is 0.682. The lowest BCUT2D eigenvalue weighted by atomic mass is 10.2. The van der Waals surface area contributed by atoms with E-state index in [-0.39, 0.29) is 24.0 Å². The van der Waals surface area contributed by atoms with E-state index in [9.17, 15) is 0 Å². The van der Waals surface area contributed by atoms with Gasteiger partial charge >= 0.3 is 0 Å². The Morgan fingerprint density at radius 1 is 1.07 bits per heavy atom. The molecule has 1 aromatic rings. The van der Waals surface area contributed by atoms with Crippen LogP contribution in [0.25, 0.3) is 0 Å². The second-order valence-corrected chi connectivity index (χ2v) is 7.42. The van der Waals surface area contributed by atoms with Crippen molar-refractivity contribution in [1.82, 2.24) is 20.4 Å². The van der Waals surface area contributed by atoms with E-state index in [1.165, 1.54) is 19.5 Å². The van der Waals surface area contributed by atoms with Gasteiger partial charge in [0.05, 0.1) is 13.7 Å². The highest BCUT2D eigenvalue weighted by Crippen LogP contribution is 2.11. The summed E-state index contributed by atoms with van der Waals surface area (Å²) >= 11 is 0. The molecule has 0 aliphatic carbocycles. The number of hydrogen-bond donors (Lipinski definition) is 2. The molecule has 0 unspecified atom stereocenters. The molecule has 1 aromatic carbocycles. The van der Waals surface area contributed by atoms with E-state index in [0.717, 1.165) is 69.6 Å². The number of aliphatic imine (C=N–C) groups is 1. The van der Waals surface area contributed by atoms with E-state index in [1.54, 1.807) is 7.11 Å². The van der Waals surface area contributed by atoms with Gasteiger partial charge in [-0.15, -0.1) is 24.0 Å². The summed E-state index contributed by atoms with van der Waals surface area (Å²) < 4.78 is 10.7. The molecule has 2 rings (SSSR count). The highest BCUT2D eigenvalue weighted by molar-refractivity contribution is 14.0. The Hall–Kier alpha value is -1.10. The zero-order valence-corrected chi connectivity index (χ0v) is 21.2.